The molecule has 0 bridgehead atoms. The van der Waals surface area contributed by atoms with E-state index in [2.05, 4.69) is 4.74 Å². The Balaban J connectivity index is 2.68. The molecule has 2 nitrogen and oxygen atoms in total. The second-order valence-electron chi connectivity index (χ2n) is 2.87. The van der Waals surface area contributed by atoms with Gasteiger partial charge in [0.15, 0.2) is 0 Å². The molecule has 0 radical (unpaired) electrons. The fourth-order valence-corrected chi connectivity index (χ4v) is 1.11. The lowest BCUT2D eigenvalue weighted by Crippen LogP contribution is -2.02. The minimum atomic E-state index is -2.81. The number of hydrogen-bond donors (Lipinski definition) is 1. The van der Waals surface area contributed by atoms with Gasteiger partial charge in [-0.15, -0.1) is 0 Å². The van der Waals surface area contributed by atoms with Gasteiger partial charge in [0, 0.05) is 0 Å². The molecular formula is C10H12F2O2. The summed E-state index contributed by atoms with van der Waals surface area (Å²) in [5, 5.41) is 9.41. The fraction of sp³-hybridized carbons (Fsp3) is 0.400. The van der Waals surface area contributed by atoms with E-state index in [1.54, 1.807) is 12.1 Å². The zero-order chi connectivity index (χ0) is 10.6. The summed E-state index contributed by atoms with van der Waals surface area (Å²) in [4.78, 5) is 0. The highest BCUT2D eigenvalue weighted by Gasteiger charge is 2.06. The molecule has 1 rings (SSSR count). The normalized spacial score (nSPS) is 12.9. The van der Waals surface area contributed by atoms with Crippen molar-refractivity contribution in [3.05, 3.63) is 29.8 Å². The SMILES string of the molecule is CCC(O)c1ccc(OC(F)F)cc1. The molecule has 0 aliphatic carbocycles. The average molecular weight is 202 g/mol. The Kier molecular flexibility index (Phi) is 3.83. The van der Waals surface area contributed by atoms with Gasteiger partial charge in [-0.25, -0.2) is 0 Å². The first-order valence-electron chi connectivity index (χ1n) is 4.36. The van der Waals surface area contributed by atoms with Crippen LogP contribution in [0.5, 0.6) is 5.75 Å². The maximum absolute atomic E-state index is 11.8. The van der Waals surface area contributed by atoms with Crippen LogP contribution in [0.1, 0.15) is 25.0 Å². The Morgan fingerprint density at radius 1 is 1.29 bits per heavy atom. The average Bonchev–Trinajstić information content (AvgIpc) is 2.17. The second-order valence-corrected chi connectivity index (χ2v) is 2.87. The maximum Gasteiger partial charge on any atom is 0.387 e. The molecule has 1 unspecified atom stereocenters. The standard InChI is InChI=1S/C10H12F2O2/c1-2-9(13)7-3-5-8(6-4-7)14-10(11)12/h3-6,9-10,13H,2H2,1H3. The summed E-state index contributed by atoms with van der Waals surface area (Å²) in [6.45, 7) is -0.967. The molecule has 0 saturated carbocycles. The van der Waals surface area contributed by atoms with Crippen LogP contribution in [0.15, 0.2) is 24.3 Å². The van der Waals surface area contributed by atoms with E-state index in [0.29, 0.717) is 12.0 Å². The van der Waals surface area contributed by atoms with Gasteiger partial charge < -0.3 is 9.84 Å². The smallest absolute Gasteiger partial charge is 0.387 e. The van der Waals surface area contributed by atoms with Crippen molar-refractivity contribution < 1.29 is 18.6 Å². The number of aliphatic hydroxyl groups is 1. The Labute approximate surface area is 81.1 Å². The van der Waals surface area contributed by atoms with Crippen molar-refractivity contribution in [1.82, 2.24) is 0 Å². The minimum Gasteiger partial charge on any atom is -0.435 e. The number of hydrogen-bond acceptors (Lipinski definition) is 2. The molecule has 0 amide bonds. The number of ether oxygens (including phenoxy) is 1. The summed E-state index contributed by atoms with van der Waals surface area (Å²) >= 11 is 0. The van der Waals surface area contributed by atoms with E-state index < -0.39 is 12.7 Å². The van der Waals surface area contributed by atoms with Gasteiger partial charge in [0.1, 0.15) is 5.75 Å². The Morgan fingerprint density at radius 3 is 2.29 bits per heavy atom. The molecule has 0 saturated heterocycles. The first-order chi connectivity index (χ1) is 6.63. The quantitative estimate of drug-likeness (QED) is 0.813. The molecule has 1 atom stereocenters. The van der Waals surface area contributed by atoms with Crippen LogP contribution in [0.25, 0.3) is 0 Å². The van der Waals surface area contributed by atoms with Gasteiger partial charge in [-0.05, 0) is 24.1 Å². The van der Waals surface area contributed by atoms with Crippen molar-refractivity contribution in [2.45, 2.75) is 26.1 Å². The fourth-order valence-electron chi connectivity index (χ4n) is 1.11. The third-order valence-corrected chi connectivity index (χ3v) is 1.88. The van der Waals surface area contributed by atoms with Crippen LogP contribution in [-0.2, 0) is 0 Å². The highest BCUT2D eigenvalue weighted by Crippen LogP contribution is 2.20. The summed E-state index contributed by atoms with van der Waals surface area (Å²) in [5.41, 5.74) is 0.703. The molecule has 14 heavy (non-hydrogen) atoms. The van der Waals surface area contributed by atoms with Crippen molar-refractivity contribution in [2.24, 2.45) is 0 Å². The third-order valence-electron chi connectivity index (χ3n) is 1.88. The highest BCUT2D eigenvalue weighted by atomic mass is 19.3. The van der Waals surface area contributed by atoms with Crippen LogP contribution in [0, 0.1) is 0 Å². The monoisotopic (exact) mass is 202 g/mol. The van der Waals surface area contributed by atoms with Crippen molar-refractivity contribution in [1.29, 1.82) is 0 Å². The Hall–Kier alpha value is -1.16. The Bertz CT molecular complexity index is 272. The van der Waals surface area contributed by atoms with Crippen LogP contribution >= 0.6 is 0 Å². The molecule has 1 N–H and O–H groups in total. The van der Waals surface area contributed by atoms with E-state index in [1.807, 2.05) is 6.92 Å². The van der Waals surface area contributed by atoms with Gasteiger partial charge in [-0.2, -0.15) is 8.78 Å². The molecule has 0 spiro atoms. The van der Waals surface area contributed by atoms with E-state index in [9.17, 15) is 13.9 Å². The molecule has 0 heterocycles. The maximum atomic E-state index is 11.8. The van der Waals surface area contributed by atoms with Crippen LogP contribution in [-0.4, -0.2) is 11.7 Å². The van der Waals surface area contributed by atoms with Crippen molar-refractivity contribution in [2.75, 3.05) is 0 Å². The van der Waals surface area contributed by atoms with Crippen molar-refractivity contribution in [3.8, 4) is 5.75 Å². The molecule has 78 valence electrons. The number of aliphatic hydroxyl groups excluding tert-OH is 1. The summed E-state index contributed by atoms with van der Waals surface area (Å²) in [6, 6.07) is 5.98. The predicted octanol–water partition coefficient (Wildman–Crippen LogP) is 2.73. The first-order valence-corrected chi connectivity index (χ1v) is 4.36. The number of benzene rings is 1. The molecule has 4 heteroatoms. The molecule has 0 fully saturated rings. The third kappa shape index (κ3) is 2.96. The predicted molar refractivity (Wildman–Crippen MR) is 48.3 cm³/mol. The molecule has 1 aromatic rings. The molecule has 1 aromatic carbocycles. The van der Waals surface area contributed by atoms with Crippen LogP contribution in [0.4, 0.5) is 8.78 Å². The van der Waals surface area contributed by atoms with Crippen molar-refractivity contribution >= 4 is 0 Å². The second kappa shape index (κ2) is 4.91. The highest BCUT2D eigenvalue weighted by molar-refractivity contribution is 5.28. The summed E-state index contributed by atoms with van der Waals surface area (Å²) in [5.74, 6) is 0.104. The van der Waals surface area contributed by atoms with E-state index in [1.165, 1.54) is 12.1 Å². The first kappa shape index (κ1) is 10.9. The number of halogens is 2. The lowest BCUT2D eigenvalue weighted by Gasteiger charge is -2.09. The van der Waals surface area contributed by atoms with E-state index in [-0.39, 0.29) is 5.75 Å². The van der Waals surface area contributed by atoms with Crippen LogP contribution < -0.4 is 4.74 Å². The number of alkyl halides is 2. The van der Waals surface area contributed by atoms with Gasteiger partial charge in [-0.1, -0.05) is 19.1 Å². The largest absolute Gasteiger partial charge is 0.435 e. The van der Waals surface area contributed by atoms with Gasteiger partial charge in [0.2, 0.25) is 0 Å². The summed E-state index contributed by atoms with van der Waals surface area (Å²) in [7, 11) is 0. The van der Waals surface area contributed by atoms with E-state index in [4.69, 9.17) is 0 Å². The lowest BCUT2D eigenvalue weighted by atomic mass is 10.1. The topological polar surface area (TPSA) is 29.5 Å². The van der Waals surface area contributed by atoms with Crippen LogP contribution in [0.3, 0.4) is 0 Å². The minimum absolute atomic E-state index is 0.104. The lowest BCUT2D eigenvalue weighted by molar-refractivity contribution is -0.0498. The van der Waals surface area contributed by atoms with Crippen molar-refractivity contribution in [3.63, 3.8) is 0 Å². The van der Waals surface area contributed by atoms with Gasteiger partial charge in [0.05, 0.1) is 6.10 Å². The number of rotatable bonds is 4. The molecule has 0 aliphatic heterocycles. The zero-order valence-electron chi connectivity index (χ0n) is 7.78. The summed E-state index contributed by atoms with van der Waals surface area (Å²) in [6.07, 6.45) is 0.0466. The van der Waals surface area contributed by atoms with Gasteiger partial charge in [-0.3, -0.25) is 0 Å². The van der Waals surface area contributed by atoms with E-state index in [0.717, 1.165) is 0 Å². The van der Waals surface area contributed by atoms with Crippen LogP contribution in [0.2, 0.25) is 0 Å². The van der Waals surface area contributed by atoms with Gasteiger partial charge in [0.25, 0.3) is 0 Å². The zero-order valence-corrected chi connectivity index (χ0v) is 7.78. The summed E-state index contributed by atoms with van der Waals surface area (Å²) < 4.78 is 27.7. The molecular weight excluding hydrogens is 190 g/mol. The Morgan fingerprint density at radius 2 is 1.86 bits per heavy atom. The molecule has 0 aromatic heterocycles. The van der Waals surface area contributed by atoms with Gasteiger partial charge >= 0.3 is 6.61 Å². The molecule has 0 aliphatic rings. The van der Waals surface area contributed by atoms with E-state index >= 15 is 0 Å².